The molecule has 6 heteroatoms. The summed E-state index contributed by atoms with van der Waals surface area (Å²) in [5, 5.41) is 10.4. The van der Waals surface area contributed by atoms with Crippen molar-refractivity contribution in [1.82, 2.24) is 0 Å². The van der Waals surface area contributed by atoms with Gasteiger partial charge in [-0.05, 0) is 39.4 Å². The van der Waals surface area contributed by atoms with Gasteiger partial charge in [-0.15, -0.1) is 0 Å². The van der Waals surface area contributed by atoms with Gasteiger partial charge in [-0.3, -0.25) is 4.79 Å². The number of rotatable bonds is 8. The smallest absolute Gasteiger partial charge is 0.325 e. The van der Waals surface area contributed by atoms with Gasteiger partial charge < -0.3 is 14.3 Å². The number of aliphatic hydroxyl groups is 1. The van der Waals surface area contributed by atoms with Gasteiger partial charge in [-0.25, -0.2) is 0 Å². The Morgan fingerprint density at radius 3 is 2.20 bits per heavy atom. The molecule has 0 aromatic heterocycles. The lowest BCUT2D eigenvalue weighted by Gasteiger charge is -2.34. The normalized spacial score (nSPS) is 18.5. The van der Waals surface area contributed by atoms with Gasteiger partial charge in [-0.2, -0.15) is 0 Å². The lowest BCUT2D eigenvalue weighted by atomic mass is 9.94. The van der Waals surface area contributed by atoms with E-state index in [1.165, 1.54) is 0 Å². The Kier molecular flexibility index (Phi) is 7.95. The summed E-state index contributed by atoms with van der Waals surface area (Å²) in [5.41, 5.74) is 0. The minimum absolute atomic E-state index is 0.0667. The fourth-order valence-corrected chi connectivity index (χ4v) is 3.34. The molecule has 120 valence electrons. The van der Waals surface area contributed by atoms with E-state index in [9.17, 15) is 9.90 Å². The van der Waals surface area contributed by atoms with Gasteiger partial charge in [0, 0.05) is 12.5 Å². The second kappa shape index (κ2) is 7.92. The minimum Gasteiger partial charge on any atom is -0.465 e. The number of esters is 1. The minimum atomic E-state index is -1.69. The highest BCUT2D eigenvalue weighted by Gasteiger charge is 2.41. The van der Waals surface area contributed by atoms with Crippen molar-refractivity contribution >= 4 is 30.2 Å². The molecule has 0 radical (unpaired) electrons. The summed E-state index contributed by atoms with van der Waals surface area (Å²) in [6, 6.07) is 0. The average Bonchev–Trinajstić information content (AvgIpc) is 2.26. The van der Waals surface area contributed by atoms with Crippen LogP contribution in [0, 0.1) is 5.92 Å². The molecule has 0 aromatic rings. The molecular weight excluding hydrogens is 340 g/mol. The van der Waals surface area contributed by atoms with Crippen molar-refractivity contribution in [3.63, 3.8) is 0 Å². The highest BCUT2D eigenvalue weighted by molar-refractivity contribution is 9.10. The zero-order valence-corrected chi connectivity index (χ0v) is 16.3. The zero-order chi connectivity index (χ0) is 16.1. The van der Waals surface area contributed by atoms with E-state index in [4.69, 9.17) is 9.16 Å². The summed E-state index contributed by atoms with van der Waals surface area (Å²) in [6.45, 7) is 14.2. The molecule has 0 rings (SSSR count). The first-order valence-corrected chi connectivity index (χ1v) is 11.3. The van der Waals surface area contributed by atoms with Crippen molar-refractivity contribution in [2.75, 3.05) is 6.61 Å². The molecule has 3 atom stereocenters. The second-order valence-corrected chi connectivity index (χ2v) is 12.7. The fourth-order valence-electron chi connectivity index (χ4n) is 1.76. The van der Waals surface area contributed by atoms with Gasteiger partial charge in [0.05, 0.1) is 12.7 Å². The number of hydrogen-bond acceptors (Lipinski definition) is 4. The third kappa shape index (κ3) is 6.69. The Morgan fingerprint density at radius 2 is 1.85 bits per heavy atom. The van der Waals surface area contributed by atoms with Crippen LogP contribution in [0.25, 0.3) is 0 Å². The van der Waals surface area contributed by atoms with Crippen molar-refractivity contribution in [3.8, 4) is 0 Å². The summed E-state index contributed by atoms with van der Waals surface area (Å²) in [6.07, 6.45) is -0.518. The van der Waals surface area contributed by atoms with Gasteiger partial charge in [0.15, 0.2) is 8.32 Å². The predicted octanol–water partition coefficient (Wildman–Crippen LogP) is 3.33. The Morgan fingerprint density at radius 1 is 1.35 bits per heavy atom. The molecule has 1 unspecified atom stereocenters. The molecule has 20 heavy (non-hydrogen) atoms. The molecular formula is C14H29BrO4Si. The molecule has 0 saturated heterocycles. The SMILES string of the molecule is CCOC(=O)C(C)(Br)[C@H](O)C[C@@H](O[Si](C)(C)C)C(C)C. The van der Waals surface area contributed by atoms with Crippen LogP contribution in [0.2, 0.25) is 19.6 Å². The van der Waals surface area contributed by atoms with Gasteiger partial charge in [-0.1, -0.05) is 29.8 Å². The largest absolute Gasteiger partial charge is 0.465 e. The molecule has 0 aliphatic heterocycles. The van der Waals surface area contributed by atoms with Crippen LogP contribution in [0.4, 0.5) is 0 Å². The quantitative estimate of drug-likeness (QED) is 0.405. The van der Waals surface area contributed by atoms with Gasteiger partial charge in [0.2, 0.25) is 0 Å². The molecule has 0 aromatic carbocycles. The van der Waals surface area contributed by atoms with E-state index in [2.05, 4.69) is 49.4 Å². The van der Waals surface area contributed by atoms with Crippen LogP contribution in [0.5, 0.6) is 0 Å². The van der Waals surface area contributed by atoms with E-state index in [1.54, 1.807) is 13.8 Å². The van der Waals surface area contributed by atoms with Gasteiger partial charge in [0.1, 0.15) is 4.32 Å². The monoisotopic (exact) mass is 368 g/mol. The molecule has 0 heterocycles. The van der Waals surface area contributed by atoms with Crippen LogP contribution in [0.1, 0.15) is 34.1 Å². The standard InChI is InChI=1S/C14H29BrO4Si/c1-8-18-13(17)14(4,15)12(16)9-11(10(2)3)19-20(5,6)7/h10-12,16H,8-9H2,1-7H3/t11-,12-,14?/m1/s1. The van der Waals surface area contributed by atoms with E-state index in [1.807, 2.05) is 0 Å². The first-order valence-electron chi connectivity index (χ1n) is 7.13. The molecule has 1 N–H and O–H groups in total. The number of ether oxygens (including phenoxy) is 1. The Bertz CT molecular complexity index is 313. The van der Waals surface area contributed by atoms with Crippen LogP contribution in [-0.2, 0) is 14.0 Å². The van der Waals surface area contributed by atoms with Crippen molar-refractivity contribution in [3.05, 3.63) is 0 Å². The number of hydrogen-bond donors (Lipinski definition) is 1. The number of carbonyl (C=O) groups excluding carboxylic acids is 1. The third-order valence-corrected chi connectivity index (χ3v) is 4.87. The van der Waals surface area contributed by atoms with Crippen molar-refractivity contribution in [2.45, 2.75) is 70.3 Å². The van der Waals surface area contributed by atoms with Gasteiger partial charge in [0.25, 0.3) is 0 Å². The van der Waals surface area contributed by atoms with Crippen LogP contribution in [-0.4, -0.2) is 42.5 Å². The summed E-state index contributed by atoms with van der Waals surface area (Å²) >= 11 is 3.30. The number of alkyl halides is 1. The van der Waals surface area contributed by atoms with Crippen molar-refractivity contribution < 1.29 is 19.1 Å². The summed E-state index contributed by atoms with van der Waals surface area (Å²) in [7, 11) is -1.69. The van der Waals surface area contributed by atoms with Crippen LogP contribution in [0.3, 0.4) is 0 Å². The first-order chi connectivity index (χ1) is 8.91. The second-order valence-electron chi connectivity index (χ2n) is 6.56. The maximum atomic E-state index is 11.9. The van der Waals surface area contributed by atoms with Crippen molar-refractivity contribution in [1.29, 1.82) is 0 Å². The van der Waals surface area contributed by atoms with E-state index >= 15 is 0 Å². The first kappa shape index (κ1) is 20.1. The van der Waals surface area contributed by atoms with E-state index in [0.29, 0.717) is 13.0 Å². The average molecular weight is 369 g/mol. The van der Waals surface area contributed by atoms with Gasteiger partial charge >= 0.3 is 5.97 Å². The molecule has 0 saturated carbocycles. The lowest BCUT2D eigenvalue weighted by Crippen LogP contribution is -2.46. The summed E-state index contributed by atoms with van der Waals surface area (Å²) in [4.78, 5) is 11.9. The molecule has 0 aliphatic carbocycles. The molecule has 0 aliphatic rings. The Balaban J connectivity index is 4.83. The highest BCUT2D eigenvalue weighted by Crippen LogP contribution is 2.30. The molecule has 0 fully saturated rings. The summed E-state index contributed by atoms with van der Waals surface area (Å²) < 4.78 is 10.0. The van der Waals surface area contributed by atoms with E-state index in [0.717, 1.165) is 0 Å². The predicted molar refractivity (Wildman–Crippen MR) is 87.6 cm³/mol. The summed E-state index contributed by atoms with van der Waals surface area (Å²) in [5.74, 6) is -0.162. The maximum absolute atomic E-state index is 11.9. The molecule has 0 bridgehead atoms. The number of aliphatic hydroxyl groups excluding tert-OH is 1. The molecule has 0 amide bonds. The maximum Gasteiger partial charge on any atom is 0.325 e. The lowest BCUT2D eigenvalue weighted by molar-refractivity contribution is -0.148. The fraction of sp³-hybridized carbons (Fsp3) is 0.929. The molecule has 0 spiro atoms. The van der Waals surface area contributed by atoms with E-state index in [-0.39, 0.29) is 12.0 Å². The van der Waals surface area contributed by atoms with Crippen LogP contribution < -0.4 is 0 Å². The van der Waals surface area contributed by atoms with Crippen LogP contribution >= 0.6 is 15.9 Å². The zero-order valence-electron chi connectivity index (χ0n) is 13.7. The number of halogens is 1. The Hall–Kier alpha value is 0.0869. The topological polar surface area (TPSA) is 55.8 Å². The van der Waals surface area contributed by atoms with Crippen LogP contribution in [0.15, 0.2) is 0 Å². The molecule has 4 nitrogen and oxygen atoms in total. The Labute approximate surface area is 132 Å². The number of carbonyl (C=O) groups is 1. The van der Waals surface area contributed by atoms with E-state index < -0.39 is 24.7 Å². The third-order valence-electron chi connectivity index (χ3n) is 3.00. The highest BCUT2D eigenvalue weighted by atomic mass is 79.9. The van der Waals surface area contributed by atoms with Crippen molar-refractivity contribution in [2.24, 2.45) is 5.92 Å².